The van der Waals surface area contributed by atoms with Gasteiger partial charge in [-0.3, -0.25) is 9.69 Å². The number of anilines is 2. The van der Waals surface area contributed by atoms with E-state index in [0.717, 1.165) is 28.2 Å². The molecule has 0 saturated carbocycles. The van der Waals surface area contributed by atoms with Gasteiger partial charge in [0, 0.05) is 23.7 Å². The van der Waals surface area contributed by atoms with Crippen LogP contribution in [0.15, 0.2) is 35.7 Å². The minimum atomic E-state index is -0.197. The average molecular weight is 343 g/mol. The molecule has 6 heteroatoms. The molecule has 0 fully saturated rings. The van der Waals surface area contributed by atoms with Crippen LogP contribution >= 0.6 is 11.3 Å². The smallest absolute Gasteiger partial charge is 0.321 e. The molecule has 24 heavy (non-hydrogen) atoms. The third kappa shape index (κ3) is 3.28. The Morgan fingerprint density at radius 3 is 2.88 bits per heavy atom. The third-order valence-electron chi connectivity index (χ3n) is 4.18. The van der Waals surface area contributed by atoms with Crippen LogP contribution in [0, 0.1) is 0 Å². The Kier molecular flexibility index (Phi) is 4.85. The highest BCUT2D eigenvalue weighted by Gasteiger charge is 2.25. The Bertz CT molecular complexity index is 743. The lowest BCUT2D eigenvalue weighted by atomic mass is 10.1. The van der Waals surface area contributed by atoms with E-state index in [0.29, 0.717) is 13.1 Å². The summed E-state index contributed by atoms with van der Waals surface area (Å²) in [7, 11) is 0. The van der Waals surface area contributed by atoms with Crippen molar-refractivity contribution in [2.45, 2.75) is 26.2 Å². The molecule has 5 nitrogen and oxygen atoms in total. The summed E-state index contributed by atoms with van der Waals surface area (Å²) in [4.78, 5) is 27.3. The van der Waals surface area contributed by atoms with Crippen LogP contribution in [-0.4, -0.2) is 25.0 Å². The fourth-order valence-electron chi connectivity index (χ4n) is 2.83. The molecule has 0 unspecified atom stereocenters. The molecule has 0 radical (unpaired) electrons. The number of thiophene rings is 1. The van der Waals surface area contributed by atoms with Crippen molar-refractivity contribution in [2.24, 2.45) is 0 Å². The van der Waals surface area contributed by atoms with Crippen LogP contribution in [0.4, 0.5) is 16.2 Å². The molecule has 0 bridgehead atoms. The lowest BCUT2D eigenvalue weighted by molar-refractivity contribution is -0.117. The molecule has 0 aliphatic carbocycles. The number of nitrogens with zero attached hydrogens (tertiary/aromatic N) is 1. The number of hydrogen-bond donors (Lipinski definition) is 2. The van der Waals surface area contributed by atoms with E-state index in [-0.39, 0.29) is 17.9 Å². The third-order valence-corrected chi connectivity index (χ3v) is 5.24. The predicted molar refractivity (Wildman–Crippen MR) is 97.9 cm³/mol. The standard InChI is InChI=1S/C18H21N3O2S/c1-3-19-18(23)21-9-8-13-6-7-14(11-15(13)21)20-17(22)12(2)16-5-4-10-24-16/h4-7,10-12H,3,8-9H2,1-2H3,(H,19,23)(H,20,22)/t12-/m1/s1. The lowest BCUT2D eigenvalue weighted by Crippen LogP contribution is -2.38. The summed E-state index contributed by atoms with van der Waals surface area (Å²) in [6.45, 7) is 5.07. The minimum absolute atomic E-state index is 0.0417. The van der Waals surface area contributed by atoms with Crippen LogP contribution in [0.3, 0.4) is 0 Å². The van der Waals surface area contributed by atoms with E-state index in [1.165, 1.54) is 0 Å². The van der Waals surface area contributed by atoms with Crippen molar-refractivity contribution >= 4 is 34.6 Å². The number of urea groups is 1. The number of fused-ring (bicyclic) bond motifs is 1. The van der Waals surface area contributed by atoms with Crippen molar-refractivity contribution in [1.29, 1.82) is 0 Å². The van der Waals surface area contributed by atoms with Gasteiger partial charge >= 0.3 is 6.03 Å². The fourth-order valence-corrected chi connectivity index (χ4v) is 3.61. The molecule has 0 saturated heterocycles. The van der Waals surface area contributed by atoms with Crippen LogP contribution in [0.2, 0.25) is 0 Å². The molecule has 2 N–H and O–H groups in total. The van der Waals surface area contributed by atoms with Gasteiger partial charge in [0.15, 0.2) is 0 Å². The second kappa shape index (κ2) is 7.05. The van der Waals surface area contributed by atoms with Gasteiger partial charge in [0.25, 0.3) is 0 Å². The van der Waals surface area contributed by atoms with Gasteiger partial charge in [-0.25, -0.2) is 4.79 Å². The summed E-state index contributed by atoms with van der Waals surface area (Å²) in [6, 6.07) is 9.60. The molecule has 3 rings (SSSR count). The molecule has 1 atom stereocenters. The zero-order valence-electron chi connectivity index (χ0n) is 13.8. The van der Waals surface area contributed by atoms with Crippen molar-refractivity contribution in [2.75, 3.05) is 23.3 Å². The van der Waals surface area contributed by atoms with Crippen LogP contribution in [0.5, 0.6) is 0 Å². The van der Waals surface area contributed by atoms with E-state index in [4.69, 9.17) is 0 Å². The van der Waals surface area contributed by atoms with E-state index in [9.17, 15) is 9.59 Å². The SMILES string of the molecule is CCNC(=O)N1CCc2ccc(NC(=O)[C@H](C)c3cccs3)cc21. The normalized spacial score (nSPS) is 14.2. The van der Waals surface area contributed by atoms with Crippen molar-refractivity contribution in [3.63, 3.8) is 0 Å². The van der Waals surface area contributed by atoms with Crippen molar-refractivity contribution < 1.29 is 9.59 Å². The minimum Gasteiger partial charge on any atom is -0.338 e. The Balaban J connectivity index is 1.75. The zero-order valence-corrected chi connectivity index (χ0v) is 14.7. The maximum atomic E-state index is 12.4. The molecular formula is C18H21N3O2S. The first-order chi connectivity index (χ1) is 11.6. The summed E-state index contributed by atoms with van der Waals surface area (Å²) in [5, 5.41) is 7.76. The van der Waals surface area contributed by atoms with Crippen molar-refractivity contribution in [3.05, 3.63) is 46.2 Å². The van der Waals surface area contributed by atoms with Crippen molar-refractivity contribution in [1.82, 2.24) is 5.32 Å². The topological polar surface area (TPSA) is 61.4 Å². The number of carbonyl (C=O) groups excluding carboxylic acids is 2. The molecule has 3 amide bonds. The molecule has 2 heterocycles. The first kappa shape index (κ1) is 16.5. The number of rotatable bonds is 4. The maximum absolute atomic E-state index is 12.4. The zero-order chi connectivity index (χ0) is 17.1. The number of nitrogens with one attached hydrogen (secondary N) is 2. The van der Waals surface area contributed by atoms with Gasteiger partial charge in [0.2, 0.25) is 5.91 Å². The largest absolute Gasteiger partial charge is 0.338 e. The Labute approximate surface area is 145 Å². The van der Waals surface area contributed by atoms with Crippen molar-refractivity contribution in [3.8, 4) is 0 Å². The molecule has 1 aromatic heterocycles. The van der Waals surface area contributed by atoms with Crippen LogP contribution < -0.4 is 15.5 Å². The molecule has 126 valence electrons. The summed E-state index contributed by atoms with van der Waals surface area (Å²) >= 11 is 1.58. The first-order valence-electron chi connectivity index (χ1n) is 8.12. The Morgan fingerprint density at radius 2 is 2.17 bits per heavy atom. The second-order valence-corrected chi connectivity index (χ2v) is 6.79. The molecular weight excluding hydrogens is 322 g/mol. The van der Waals surface area contributed by atoms with Crippen LogP contribution in [0.25, 0.3) is 0 Å². The molecule has 1 aromatic carbocycles. The number of hydrogen-bond acceptors (Lipinski definition) is 3. The van der Waals surface area contributed by atoms with E-state index in [1.807, 2.05) is 49.6 Å². The van der Waals surface area contributed by atoms with E-state index in [1.54, 1.807) is 16.2 Å². The van der Waals surface area contributed by atoms with Gasteiger partial charge in [-0.1, -0.05) is 12.1 Å². The van der Waals surface area contributed by atoms with Crippen LogP contribution in [0.1, 0.15) is 30.2 Å². The highest BCUT2D eigenvalue weighted by Crippen LogP contribution is 2.31. The monoisotopic (exact) mass is 343 g/mol. The molecule has 0 spiro atoms. The molecule has 1 aliphatic heterocycles. The van der Waals surface area contributed by atoms with Gasteiger partial charge in [-0.05, 0) is 49.4 Å². The van der Waals surface area contributed by atoms with Gasteiger partial charge in [0.05, 0.1) is 11.6 Å². The first-order valence-corrected chi connectivity index (χ1v) is 9.00. The number of amides is 3. The van der Waals surface area contributed by atoms with E-state index >= 15 is 0 Å². The molecule has 2 aromatic rings. The number of carbonyl (C=O) groups is 2. The predicted octanol–water partition coefficient (Wildman–Crippen LogP) is 3.58. The number of benzene rings is 1. The average Bonchev–Trinajstić information content (AvgIpc) is 3.23. The van der Waals surface area contributed by atoms with E-state index < -0.39 is 0 Å². The summed E-state index contributed by atoms with van der Waals surface area (Å²) < 4.78 is 0. The highest BCUT2D eigenvalue weighted by molar-refractivity contribution is 7.10. The van der Waals surface area contributed by atoms with Crippen LogP contribution in [-0.2, 0) is 11.2 Å². The van der Waals surface area contributed by atoms with Gasteiger partial charge in [0.1, 0.15) is 0 Å². The summed E-state index contributed by atoms with van der Waals surface area (Å²) in [5.74, 6) is -0.238. The van der Waals surface area contributed by atoms with Gasteiger partial charge in [-0.15, -0.1) is 11.3 Å². The van der Waals surface area contributed by atoms with Gasteiger partial charge in [-0.2, -0.15) is 0 Å². The quantitative estimate of drug-likeness (QED) is 0.891. The highest BCUT2D eigenvalue weighted by atomic mass is 32.1. The Hall–Kier alpha value is -2.34. The summed E-state index contributed by atoms with van der Waals surface area (Å²) in [5.41, 5.74) is 2.73. The lowest BCUT2D eigenvalue weighted by Gasteiger charge is -2.18. The van der Waals surface area contributed by atoms with E-state index in [2.05, 4.69) is 10.6 Å². The second-order valence-electron chi connectivity index (χ2n) is 5.81. The fraction of sp³-hybridized carbons (Fsp3) is 0.333. The molecule has 1 aliphatic rings. The summed E-state index contributed by atoms with van der Waals surface area (Å²) in [6.07, 6.45) is 0.840. The maximum Gasteiger partial charge on any atom is 0.321 e. The Morgan fingerprint density at radius 1 is 1.33 bits per heavy atom. The van der Waals surface area contributed by atoms with Gasteiger partial charge < -0.3 is 10.6 Å².